The summed E-state index contributed by atoms with van der Waals surface area (Å²) in [5, 5.41) is 0. The number of nitrogens with zero attached hydrogens (tertiary/aromatic N) is 1. The standard InChI is InChI=1S/C17H16FNO/c18-15-8-14(10-19-11-15)17(20)9-13-6-3-5-12-4-1-2-7-16(12)13/h1-2,4,7-8,10-11,13H,3,5-6,9H2. The van der Waals surface area contributed by atoms with Crippen LogP contribution in [0.1, 0.15) is 46.7 Å². The van der Waals surface area contributed by atoms with Gasteiger partial charge in [-0.15, -0.1) is 0 Å². The molecule has 1 atom stereocenters. The molecule has 1 aliphatic rings. The summed E-state index contributed by atoms with van der Waals surface area (Å²) in [4.78, 5) is 16.0. The van der Waals surface area contributed by atoms with Gasteiger partial charge in [0.1, 0.15) is 5.82 Å². The Hall–Kier alpha value is -2.03. The minimum Gasteiger partial charge on any atom is -0.294 e. The summed E-state index contributed by atoms with van der Waals surface area (Å²) < 4.78 is 13.1. The first-order chi connectivity index (χ1) is 9.74. The van der Waals surface area contributed by atoms with Gasteiger partial charge in [0.2, 0.25) is 0 Å². The predicted molar refractivity (Wildman–Crippen MR) is 75.3 cm³/mol. The fraction of sp³-hybridized carbons (Fsp3) is 0.294. The molecule has 0 fully saturated rings. The minimum absolute atomic E-state index is 0.0290. The molecule has 2 aromatic rings. The van der Waals surface area contributed by atoms with Crippen molar-refractivity contribution >= 4 is 5.78 Å². The molecule has 1 aromatic carbocycles. The molecule has 3 heteroatoms. The molecule has 1 heterocycles. The lowest BCUT2D eigenvalue weighted by molar-refractivity contribution is 0.0970. The van der Waals surface area contributed by atoms with Crippen LogP contribution in [0.15, 0.2) is 42.7 Å². The van der Waals surface area contributed by atoms with Crippen molar-refractivity contribution in [3.05, 3.63) is 65.2 Å². The maximum absolute atomic E-state index is 13.1. The molecule has 1 aliphatic carbocycles. The van der Waals surface area contributed by atoms with E-state index < -0.39 is 5.82 Å². The Morgan fingerprint density at radius 2 is 2.15 bits per heavy atom. The number of carbonyl (C=O) groups is 1. The number of rotatable bonds is 3. The van der Waals surface area contributed by atoms with Crippen LogP contribution in [0.25, 0.3) is 0 Å². The second-order valence-corrected chi connectivity index (χ2v) is 5.31. The number of pyridine rings is 1. The zero-order valence-corrected chi connectivity index (χ0v) is 11.2. The summed E-state index contributed by atoms with van der Waals surface area (Å²) in [6.07, 6.45) is 6.21. The molecule has 0 spiro atoms. The van der Waals surface area contributed by atoms with E-state index in [2.05, 4.69) is 17.1 Å². The molecule has 1 aromatic heterocycles. The zero-order chi connectivity index (χ0) is 13.9. The third-order valence-electron chi connectivity index (χ3n) is 3.95. The van der Waals surface area contributed by atoms with E-state index in [4.69, 9.17) is 0 Å². The summed E-state index contributed by atoms with van der Waals surface area (Å²) in [7, 11) is 0. The highest BCUT2D eigenvalue weighted by Crippen LogP contribution is 2.34. The van der Waals surface area contributed by atoms with Gasteiger partial charge >= 0.3 is 0 Å². The summed E-state index contributed by atoms with van der Waals surface area (Å²) in [6.45, 7) is 0. The normalized spacial score (nSPS) is 17.6. The molecule has 3 rings (SSSR count). The number of aromatic nitrogens is 1. The second kappa shape index (κ2) is 5.53. The van der Waals surface area contributed by atoms with Gasteiger partial charge in [-0.3, -0.25) is 9.78 Å². The predicted octanol–water partition coefficient (Wildman–Crippen LogP) is 3.91. The summed E-state index contributed by atoms with van der Waals surface area (Å²) in [6, 6.07) is 9.57. The van der Waals surface area contributed by atoms with E-state index in [0.717, 1.165) is 25.5 Å². The van der Waals surface area contributed by atoms with E-state index in [0.29, 0.717) is 12.0 Å². The number of carbonyl (C=O) groups excluding carboxylic acids is 1. The molecule has 20 heavy (non-hydrogen) atoms. The highest BCUT2D eigenvalue weighted by atomic mass is 19.1. The number of aryl methyl sites for hydroxylation is 1. The van der Waals surface area contributed by atoms with E-state index in [1.165, 1.54) is 23.4 Å². The molecule has 1 unspecified atom stereocenters. The van der Waals surface area contributed by atoms with Crippen LogP contribution in [-0.2, 0) is 6.42 Å². The van der Waals surface area contributed by atoms with Crippen molar-refractivity contribution in [3.8, 4) is 0 Å². The van der Waals surface area contributed by atoms with Gasteiger partial charge in [0.05, 0.1) is 6.20 Å². The third-order valence-corrected chi connectivity index (χ3v) is 3.95. The molecular formula is C17H16FNO. The number of hydrogen-bond acceptors (Lipinski definition) is 2. The van der Waals surface area contributed by atoms with E-state index >= 15 is 0 Å². The van der Waals surface area contributed by atoms with Crippen LogP contribution >= 0.6 is 0 Å². The Labute approximate surface area is 117 Å². The number of fused-ring (bicyclic) bond motifs is 1. The van der Waals surface area contributed by atoms with Gasteiger partial charge < -0.3 is 0 Å². The van der Waals surface area contributed by atoms with Crippen molar-refractivity contribution in [1.29, 1.82) is 0 Å². The Morgan fingerprint density at radius 3 is 3.00 bits per heavy atom. The van der Waals surface area contributed by atoms with Crippen LogP contribution < -0.4 is 0 Å². The minimum atomic E-state index is -0.458. The topological polar surface area (TPSA) is 30.0 Å². The largest absolute Gasteiger partial charge is 0.294 e. The molecule has 0 aliphatic heterocycles. The van der Waals surface area contributed by atoms with Gasteiger partial charge in [-0.2, -0.15) is 0 Å². The number of benzene rings is 1. The van der Waals surface area contributed by atoms with Crippen molar-refractivity contribution < 1.29 is 9.18 Å². The lowest BCUT2D eigenvalue weighted by atomic mass is 9.80. The monoisotopic (exact) mass is 269 g/mol. The molecule has 0 bridgehead atoms. The molecule has 0 amide bonds. The molecule has 2 nitrogen and oxygen atoms in total. The Morgan fingerprint density at radius 1 is 1.30 bits per heavy atom. The quantitative estimate of drug-likeness (QED) is 0.791. The number of ketones is 1. The smallest absolute Gasteiger partial charge is 0.165 e. The van der Waals surface area contributed by atoms with Crippen LogP contribution in [0.3, 0.4) is 0 Å². The van der Waals surface area contributed by atoms with Gasteiger partial charge in [-0.05, 0) is 42.4 Å². The number of Topliss-reactive ketones (excluding diaryl/α,β-unsaturated/α-hetero) is 1. The van der Waals surface area contributed by atoms with Gasteiger partial charge in [0.15, 0.2) is 5.78 Å². The molecule has 0 radical (unpaired) electrons. The average molecular weight is 269 g/mol. The van der Waals surface area contributed by atoms with E-state index in [1.54, 1.807) is 0 Å². The van der Waals surface area contributed by atoms with Crippen LogP contribution in [-0.4, -0.2) is 10.8 Å². The third kappa shape index (κ3) is 2.62. The Kier molecular flexibility index (Phi) is 3.59. The Bertz CT molecular complexity index is 638. The molecule has 0 saturated heterocycles. The highest BCUT2D eigenvalue weighted by molar-refractivity contribution is 5.96. The van der Waals surface area contributed by atoms with Crippen molar-refractivity contribution in [2.24, 2.45) is 0 Å². The summed E-state index contributed by atoms with van der Waals surface area (Å²) in [5.41, 5.74) is 2.98. The summed E-state index contributed by atoms with van der Waals surface area (Å²) >= 11 is 0. The molecule has 0 saturated carbocycles. The average Bonchev–Trinajstić information content (AvgIpc) is 2.47. The lowest BCUT2D eigenvalue weighted by Crippen LogP contribution is -2.14. The lowest BCUT2D eigenvalue weighted by Gasteiger charge is -2.24. The van der Waals surface area contributed by atoms with Crippen molar-refractivity contribution in [2.45, 2.75) is 31.6 Å². The SMILES string of the molecule is O=C(CC1CCCc2ccccc21)c1cncc(F)c1. The number of halogens is 1. The van der Waals surface area contributed by atoms with Gasteiger partial charge in [0, 0.05) is 18.2 Å². The van der Waals surface area contributed by atoms with Gasteiger partial charge in [-0.25, -0.2) is 4.39 Å². The van der Waals surface area contributed by atoms with Crippen molar-refractivity contribution in [1.82, 2.24) is 4.98 Å². The zero-order valence-electron chi connectivity index (χ0n) is 11.2. The van der Waals surface area contributed by atoms with Crippen LogP contribution in [0, 0.1) is 5.82 Å². The van der Waals surface area contributed by atoms with E-state index in [9.17, 15) is 9.18 Å². The fourth-order valence-corrected chi connectivity index (χ4v) is 2.97. The maximum atomic E-state index is 13.1. The first-order valence-electron chi connectivity index (χ1n) is 6.95. The number of hydrogen-bond donors (Lipinski definition) is 0. The van der Waals surface area contributed by atoms with Crippen LogP contribution in [0.5, 0.6) is 0 Å². The second-order valence-electron chi connectivity index (χ2n) is 5.31. The van der Waals surface area contributed by atoms with E-state index in [-0.39, 0.29) is 11.7 Å². The molecular weight excluding hydrogens is 253 g/mol. The van der Waals surface area contributed by atoms with Gasteiger partial charge in [0.25, 0.3) is 0 Å². The van der Waals surface area contributed by atoms with Crippen molar-refractivity contribution in [3.63, 3.8) is 0 Å². The van der Waals surface area contributed by atoms with Crippen LogP contribution in [0.4, 0.5) is 4.39 Å². The first kappa shape index (κ1) is 13.0. The maximum Gasteiger partial charge on any atom is 0.165 e. The fourth-order valence-electron chi connectivity index (χ4n) is 2.97. The van der Waals surface area contributed by atoms with Crippen LogP contribution in [0.2, 0.25) is 0 Å². The summed E-state index contributed by atoms with van der Waals surface area (Å²) in [5.74, 6) is -0.241. The molecule has 102 valence electrons. The first-order valence-corrected chi connectivity index (χ1v) is 6.95. The highest BCUT2D eigenvalue weighted by Gasteiger charge is 2.23. The molecule has 0 N–H and O–H groups in total. The van der Waals surface area contributed by atoms with Gasteiger partial charge in [-0.1, -0.05) is 24.3 Å². The Balaban J connectivity index is 1.81. The van der Waals surface area contributed by atoms with Crippen molar-refractivity contribution in [2.75, 3.05) is 0 Å². The van der Waals surface area contributed by atoms with E-state index in [1.807, 2.05) is 12.1 Å².